The Morgan fingerprint density at radius 2 is 2.21 bits per heavy atom. The number of aryl methyl sites for hydroxylation is 1. The highest BCUT2D eigenvalue weighted by Crippen LogP contribution is 2.23. The summed E-state index contributed by atoms with van der Waals surface area (Å²) in [6, 6.07) is 3.39. The number of hydrogen-bond donors (Lipinski definition) is 1. The summed E-state index contributed by atoms with van der Waals surface area (Å²) in [5.74, 6) is -0.816. The summed E-state index contributed by atoms with van der Waals surface area (Å²) in [4.78, 5) is 11.2. The van der Waals surface area contributed by atoms with E-state index >= 15 is 0 Å². The van der Waals surface area contributed by atoms with Gasteiger partial charge in [0, 0.05) is 7.11 Å². The van der Waals surface area contributed by atoms with Crippen molar-refractivity contribution in [2.24, 2.45) is 0 Å². The van der Waals surface area contributed by atoms with Crippen LogP contribution in [0.5, 0.6) is 0 Å². The molecule has 2 rings (SSSR count). The molecule has 0 saturated carbocycles. The van der Waals surface area contributed by atoms with Gasteiger partial charge in [-0.2, -0.15) is 10.2 Å². The van der Waals surface area contributed by atoms with Crippen molar-refractivity contribution in [3.63, 3.8) is 0 Å². The summed E-state index contributed by atoms with van der Waals surface area (Å²) in [5, 5.41) is 21.0. The van der Waals surface area contributed by atoms with E-state index in [0.717, 1.165) is 5.69 Å². The van der Waals surface area contributed by atoms with Crippen molar-refractivity contribution in [1.29, 1.82) is 0 Å². The van der Waals surface area contributed by atoms with Gasteiger partial charge in [-0.15, -0.1) is 5.10 Å². The lowest BCUT2D eigenvalue weighted by molar-refractivity contribution is 0.0692. The maximum Gasteiger partial charge on any atom is 0.340 e. The third-order valence-corrected chi connectivity index (χ3v) is 2.75. The van der Waals surface area contributed by atoms with Gasteiger partial charge in [0.1, 0.15) is 16.4 Å². The van der Waals surface area contributed by atoms with Crippen LogP contribution in [0.15, 0.2) is 12.1 Å². The summed E-state index contributed by atoms with van der Waals surface area (Å²) in [7, 11) is 1.45. The summed E-state index contributed by atoms with van der Waals surface area (Å²) >= 11 is 6.03. The number of halogens is 1. The van der Waals surface area contributed by atoms with Crippen LogP contribution in [0.1, 0.15) is 21.7 Å². The number of hydrogen-bond acceptors (Lipinski definition) is 5. The fourth-order valence-corrected chi connectivity index (χ4v) is 1.86. The van der Waals surface area contributed by atoms with E-state index < -0.39 is 5.97 Å². The smallest absolute Gasteiger partial charge is 0.340 e. The van der Waals surface area contributed by atoms with Gasteiger partial charge < -0.3 is 9.84 Å². The van der Waals surface area contributed by atoms with Gasteiger partial charge >= 0.3 is 5.97 Å². The van der Waals surface area contributed by atoms with Crippen LogP contribution in [-0.4, -0.2) is 38.2 Å². The van der Waals surface area contributed by atoms with E-state index in [1.807, 2.05) is 0 Å². The minimum atomic E-state index is -1.16. The van der Waals surface area contributed by atoms with E-state index in [2.05, 4.69) is 15.3 Å². The molecule has 0 radical (unpaired) electrons. The van der Waals surface area contributed by atoms with Gasteiger partial charge in [-0.3, -0.25) is 0 Å². The van der Waals surface area contributed by atoms with Gasteiger partial charge in [-0.05, 0) is 19.1 Å². The van der Waals surface area contributed by atoms with Crippen molar-refractivity contribution in [3.05, 3.63) is 34.2 Å². The number of aromatic carboxylic acids is 1. The van der Waals surface area contributed by atoms with Crippen LogP contribution >= 0.6 is 11.6 Å². The number of carboxylic acid groups (broad SMARTS) is 1. The Hall–Kier alpha value is -1.99. The fourth-order valence-electron chi connectivity index (χ4n) is 1.55. The van der Waals surface area contributed by atoms with Crippen molar-refractivity contribution in [2.45, 2.75) is 13.5 Å². The number of carboxylic acids is 1. The lowest BCUT2D eigenvalue weighted by Gasteiger charge is -2.00. The molecule has 0 aliphatic heterocycles. The van der Waals surface area contributed by atoms with Crippen molar-refractivity contribution in [3.8, 4) is 5.82 Å². The second kappa shape index (κ2) is 5.33. The van der Waals surface area contributed by atoms with Crippen LogP contribution in [0.2, 0.25) is 5.15 Å². The molecular formula is C11H11ClN4O3. The molecule has 2 heterocycles. The fraction of sp³-hybridized carbons (Fsp3) is 0.273. The van der Waals surface area contributed by atoms with Crippen LogP contribution in [-0.2, 0) is 11.3 Å². The van der Waals surface area contributed by atoms with E-state index in [1.54, 1.807) is 19.1 Å². The monoisotopic (exact) mass is 282 g/mol. The number of nitrogens with zero attached hydrogens (tertiary/aromatic N) is 4. The van der Waals surface area contributed by atoms with Crippen molar-refractivity contribution in [1.82, 2.24) is 20.0 Å². The first-order valence-electron chi connectivity index (χ1n) is 5.35. The number of methoxy groups -OCH3 is 1. The van der Waals surface area contributed by atoms with E-state index in [-0.39, 0.29) is 23.0 Å². The second-order valence-corrected chi connectivity index (χ2v) is 4.15. The molecule has 2 aromatic rings. The van der Waals surface area contributed by atoms with Gasteiger partial charge in [-0.25, -0.2) is 9.48 Å². The Labute approximate surface area is 113 Å². The summed E-state index contributed by atoms with van der Waals surface area (Å²) in [6.07, 6.45) is 0. The average molecular weight is 283 g/mol. The molecule has 19 heavy (non-hydrogen) atoms. The number of rotatable bonds is 4. The molecular weight excluding hydrogens is 272 g/mol. The van der Waals surface area contributed by atoms with Crippen LogP contribution in [0.25, 0.3) is 5.82 Å². The molecule has 8 heteroatoms. The Kier molecular flexibility index (Phi) is 3.77. The largest absolute Gasteiger partial charge is 0.478 e. The summed E-state index contributed by atoms with van der Waals surface area (Å²) in [6.45, 7) is 1.84. The van der Waals surface area contributed by atoms with Gasteiger partial charge in [-0.1, -0.05) is 11.6 Å². The Morgan fingerprint density at radius 3 is 2.74 bits per heavy atom. The van der Waals surface area contributed by atoms with Crippen LogP contribution < -0.4 is 0 Å². The lowest BCUT2D eigenvalue weighted by atomic mass is 10.2. The third-order valence-electron chi connectivity index (χ3n) is 2.40. The van der Waals surface area contributed by atoms with Crippen LogP contribution in [0.3, 0.4) is 0 Å². The SMILES string of the molecule is COCc1nn(-c2ccc(C)nn2)c(Cl)c1C(=O)O. The summed E-state index contributed by atoms with van der Waals surface area (Å²) in [5.41, 5.74) is 0.885. The molecule has 0 spiro atoms. The zero-order valence-electron chi connectivity index (χ0n) is 10.3. The van der Waals surface area contributed by atoms with Crippen molar-refractivity contribution >= 4 is 17.6 Å². The highest BCUT2D eigenvalue weighted by atomic mass is 35.5. The minimum Gasteiger partial charge on any atom is -0.478 e. The molecule has 0 aromatic carbocycles. The topological polar surface area (TPSA) is 90.1 Å². The molecule has 7 nitrogen and oxygen atoms in total. The minimum absolute atomic E-state index is 0.0299. The maximum atomic E-state index is 11.2. The first-order chi connectivity index (χ1) is 9.04. The van der Waals surface area contributed by atoms with Gasteiger partial charge in [0.15, 0.2) is 5.82 Å². The standard InChI is InChI=1S/C11H11ClN4O3/c1-6-3-4-8(14-13-6)16-10(12)9(11(17)18)7(15-16)5-19-2/h3-4H,5H2,1-2H3,(H,17,18). The molecule has 2 aromatic heterocycles. The molecule has 0 aliphatic rings. The lowest BCUT2D eigenvalue weighted by Crippen LogP contribution is -2.02. The van der Waals surface area contributed by atoms with E-state index in [0.29, 0.717) is 5.82 Å². The molecule has 0 aliphatic carbocycles. The van der Waals surface area contributed by atoms with Gasteiger partial charge in [0.2, 0.25) is 0 Å². The third kappa shape index (κ3) is 2.56. The van der Waals surface area contributed by atoms with Crippen LogP contribution in [0.4, 0.5) is 0 Å². The van der Waals surface area contributed by atoms with E-state index in [9.17, 15) is 4.79 Å². The Morgan fingerprint density at radius 1 is 1.47 bits per heavy atom. The van der Waals surface area contributed by atoms with E-state index in [4.69, 9.17) is 21.4 Å². The first-order valence-corrected chi connectivity index (χ1v) is 5.72. The van der Waals surface area contributed by atoms with Gasteiger partial charge in [0.05, 0.1) is 12.3 Å². The highest BCUT2D eigenvalue weighted by Gasteiger charge is 2.23. The number of carbonyl (C=O) groups is 1. The Balaban J connectivity index is 2.55. The first kappa shape index (κ1) is 13.4. The molecule has 0 atom stereocenters. The molecule has 100 valence electrons. The summed E-state index contributed by atoms with van der Waals surface area (Å²) < 4.78 is 6.14. The molecule has 0 fully saturated rings. The average Bonchev–Trinajstić information content (AvgIpc) is 2.68. The predicted octanol–water partition coefficient (Wildman–Crippen LogP) is 1.47. The molecule has 0 bridgehead atoms. The highest BCUT2D eigenvalue weighted by molar-refractivity contribution is 6.32. The molecule has 0 unspecified atom stereocenters. The van der Waals surface area contributed by atoms with E-state index in [1.165, 1.54) is 11.8 Å². The zero-order valence-corrected chi connectivity index (χ0v) is 11.0. The van der Waals surface area contributed by atoms with Gasteiger partial charge in [0.25, 0.3) is 0 Å². The molecule has 1 N–H and O–H groups in total. The molecule has 0 saturated heterocycles. The quantitative estimate of drug-likeness (QED) is 0.913. The second-order valence-electron chi connectivity index (χ2n) is 3.80. The van der Waals surface area contributed by atoms with Crippen molar-refractivity contribution in [2.75, 3.05) is 7.11 Å². The maximum absolute atomic E-state index is 11.2. The predicted molar refractivity (Wildman–Crippen MR) is 66.6 cm³/mol. The van der Waals surface area contributed by atoms with Crippen LogP contribution in [0, 0.1) is 6.92 Å². The van der Waals surface area contributed by atoms with Crippen molar-refractivity contribution < 1.29 is 14.6 Å². The number of ether oxygens (including phenoxy) is 1. The molecule has 0 amide bonds. The normalized spacial score (nSPS) is 10.7. The number of aromatic nitrogens is 4. The Bertz CT molecular complexity index is 609. The zero-order chi connectivity index (χ0) is 14.0.